The zero-order chi connectivity index (χ0) is 21.5. The first-order chi connectivity index (χ1) is 15.1. The predicted molar refractivity (Wildman–Crippen MR) is 122 cm³/mol. The third-order valence-corrected chi connectivity index (χ3v) is 7.07. The number of benzene rings is 2. The van der Waals surface area contributed by atoms with E-state index >= 15 is 0 Å². The topological polar surface area (TPSA) is 62.4 Å². The highest BCUT2D eigenvalue weighted by Crippen LogP contribution is 2.42. The summed E-state index contributed by atoms with van der Waals surface area (Å²) in [5.41, 5.74) is 4.27. The number of carbonyl (C=O) groups is 2. The number of rotatable bonds is 4. The number of H-pyrrole nitrogens is 1. The van der Waals surface area contributed by atoms with Crippen LogP contribution in [0.4, 0.5) is 0 Å². The molecular formula is C25H22N2O3S. The molecule has 5 rings (SSSR count). The lowest BCUT2D eigenvalue weighted by Crippen LogP contribution is -2.40. The molecule has 0 spiro atoms. The molecule has 31 heavy (non-hydrogen) atoms. The van der Waals surface area contributed by atoms with Crippen LogP contribution in [0.15, 0.2) is 60.7 Å². The Kier molecular flexibility index (Phi) is 4.87. The van der Waals surface area contributed by atoms with E-state index in [1.807, 2.05) is 41.3 Å². The molecule has 1 atom stereocenters. The van der Waals surface area contributed by atoms with Gasteiger partial charge in [-0.15, -0.1) is 11.3 Å². The van der Waals surface area contributed by atoms with E-state index in [2.05, 4.69) is 17.1 Å². The molecule has 5 nitrogen and oxygen atoms in total. The SMILES string of the molecule is COc1ccccc1[C@H]1c2[nH]c3ccccc3c2CCN1C(=O)c1ccc(C(C)=O)s1. The summed E-state index contributed by atoms with van der Waals surface area (Å²) >= 11 is 1.25. The molecule has 156 valence electrons. The van der Waals surface area contributed by atoms with Crippen molar-refractivity contribution in [2.75, 3.05) is 13.7 Å². The number of aromatic nitrogens is 1. The van der Waals surface area contributed by atoms with E-state index < -0.39 is 0 Å². The van der Waals surface area contributed by atoms with Gasteiger partial charge < -0.3 is 14.6 Å². The van der Waals surface area contributed by atoms with Gasteiger partial charge in [0.2, 0.25) is 0 Å². The fourth-order valence-electron chi connectivity index (χ4n) is 4.46. The lowest BCUT2D eigenvalue weighted by atomic mass is 9.91. The fourth-order valence-corrected chi connectivity index (χ4v) is 5.32. The molecule has 0 unspecified atom stereocenters. The zero-order valence-electron chi connectivity index (χ0n) is 17.3. The number of hydrogen-bond acceptors (Lipinski definition) is 4. The van der Waals surface area contributed by atoms with Crippen molar-refractivity contribution in [3.05, 3.63) is 87.2 Å². The van der Waals surface area contributed by atoms with Crippen molar-refractivity contribution < 1.29 is 14.3 Å². The van der Waals surface area contributed by atoms with Crippen LogP contribution in [-0.4, -0.2) is 35.2 Å². The minimum atomic E-state index is -0.303. The second-order valence-corrected chi connectivity index (χ2v) is 8.76. The van der Waals surface area contributed by atoms with Gasteiger partial charge in [-0.05, 0) is 43.2 Å². The maximum atomic E-state index is 13.6. The van der Waals surface area contributed by atoms with E-state index in [1.165, 1.54) is 29.2 Å². The molecule has 1 N–H and O–H groups in total. The van der Waals surface area contributed by atoms with Crippen molar-refractivity contribution in [1.29, 1.82) is 0 Å². The monoisotopic (exact) mass is 430 g/mol. The van der Waals surface area contributed by atoms with Gasteiger partial charge in [-0.3, -0.25) is 9.59 Å². The predicted octanol–water partition coefficient (Wildman–Crippen LogP) is 5.23. The molecular weight excluding hydrogens is 408 g/mol. The minimum Gasteiger partial charge on any atom is -0.496 e. The molecule has 0 bridgehead atoms. The molecule has 0 saturated heterocycles. The third kappa shape index (κ3) is 3.24. The number of hydrogen-bond donors (Lipinski definition) is 1. The van der Waals surface area contributed by atoms with Gasteiger partial charge in [0.15, 0.2) is 5.78 Å². The standard InChI is InChI=1S/C25H22N2O3S/c1-15(28)21-11-12-22(31-21)25(29)27-14-13-17-16-7-3-5-9-19(16)26-23(17)24(27)18-8-4-6-10-20(18)30-2/h3-12,24,26H,13-14H2,1-2H3/t24-/m0/s1. The summed E-state index contributed by atoms with van der Waals surface area (Å²) in [4.78, 5) is 32.0. The Morgan fingerprint density at radius 2 is 1.77 bits per heavy atom. The van der Waals surface area contributed by atoms with E-state index in [0.29, 0.717) is 16.3 Å². The van der Waals surface area contributed by atoms with Crippen molar-refractivity contribution in [1.82, 2.24) is 9.88 Å². The maximum absolute atomic E-state index is 13.6. The van der Waals surface area contributed by atoms with Crippen molar-refractivity contribution in [3.63, 3.8) is 0 Å². The lowest BCUT2D eigenvalue weighted by molar-refractivity contribution is 0.0695. The number of thiophene rings is 1. The average Bonchev–Trinajstić information content (AvgIpc) is 3.43. The van der Waals surface area contributed by atoms with Crippen LogP contribution in [0.2, 0.25) is 0 Å². The summed E-state index contributed by atoms with van der Waals surface area (Å²) in [6.45, 7) is 2.11. The quantitative estimate of drug-likeness (QED) is 0.451. The average molecular weight is 431 g/mol. The van der Waals surface area contributed by atoms with E-state index in [4.69, 9.17) is 4.74 Å². The molecule has 0 fully saturated rings. The minimum absolute atomic E-state index is 0.0260. The van der Waals surface area contributed by atoms with E-state index in [1.54, 1.807) is 19.2 Å². The Morgan fingerprint density at radius 1 is 1.03 bits per heavy atom. The first-order valence-electron chi connectivity index (χ1n) is 10.2. The van der Waals surface area contributed by atoms with Crippen LogP contribution in [0.1, 0.15) is 49.1 Å². The Balaban J connectivity index is 1.67. The fraction of sp³-hybridized carbons (Fsp3) is 0.200. The molecule has 1 aliphatic rings. The number of fused-ring (bicyclic) bond motifs is 3. The summed E-state index contributed by atoms with van der Waals surface area (Å²) in [6.07, 6.45) is 0.766. The van der Waals surface area contributed by atoms with Gasteiger partial charge in [-0.1, -0.05) is 36.4 Å². The van der Waals surface area contributed by atoms with Gasteiger partial charge in [-0.2, -0.15) is 0 Å². The normalized spacial score (nSPS) is 15.7. The van der Waals surface area contributed by atoms with Crippen LogP contribution in [0.3, 0.4) is 0 Å². The highest BCUT2D eigenvalue weighted by molar-refractivity contribution is 7.15. The summed E-state index contributed by atoms with van der Waals surface area (Å²) in [6, 6.07) is 19.3. The number of ether oxygens (including phenoxy) is 1. The molecule has 1 aliphatic heterocycles. The van der Waals surface area contributed by atoms with Crippen molar-refractivity contribution >= 4 is 33.9 Å². The van der Waals surface area contributed by atoms with Crippen LogP contribution in [-0.2, 0) is 6.42 Å². The Bertz CT molecular complexity index is 1300. The molecule has 2 aromatic carbocycles. The summed E-state index contributed by atoms with van der Waals surface area (Å²) in [5, 5.41) is 1.19. The van der Waals surface area contributed by atoms with Crippen molar-refractivity contribution in [3.8, 4) is 5.75 Å². The number of aromatic amines is 1. The van der Waals surface area contributed by atoms with Crippen LogP contribution in [0.5, 0.6) is 5.75 Å². The van der Waals surface area contributed by atoms with E-state index in [9.17, 15) is 9.59 Å². The number of carbonyl (C=O) groups excluding carboxylic acids is 2. The number of nitrogens with one attached hydrogen (secondary N) is 1. The Hall–Kier alpha value is -3.38. The molecule has 3 heterocycles. The van der Waals surface area contributed by atoms with Crippen molar-refractivity contribution in [2.24, 2.45) is 0 Å². The smallest absolute Gasteiger partial charge is 0.264 e. The van der Waals surface area contributed by atoms with Gasteiger partial charge in [0.25, 0.3) is 5.91 Å². The van der Waals surface area contributed by atoms with Crippen LogP contribution in [0.25, 0.3) is 10.9 Å². The first kappa shape index (κ1) is 19.6. The van der Waals surface area contributed by atoms with Gasteiger partial charge in [-0.25, -0.2) is 0 Å². The molecule has 0 aliphatic carbocycles. The Labute approximate surface area is 184 Å². The van der Waals surface area contributed by atoms with Gasteiger partial charge in [0.05, 0.1) is 16.9 Å². The van der Waals surface area contributed by atoms with Gasteiger partial charge in [0.1, 0.15) is 11.8 Å². The number of amides is 1. The zero-order valence-corrected chi connectivity index (χ0v) is 18.2. The second kappa shape index (κ2) is 7.71. The number of Topliss-reactive ketones (excluding diaryl/α,β-unsaturated/α-hetero) is 1. The number of nitrogens with zero attached hydrogens (tertiary/aromatic N) is 1. The highest BCUT2D eigenvalue weighted by atomic mass is 32.1. The Morgan fingerprint density at radius 3 is 2.55 bits per heavy atom. The lowest BCUT2D eigenvalue weighted by Gasteiger charge is -2.36. The van der Waals surface area contributed by atoms with Crippen LogP contribution < -0.4 is 4.74 Å². The van der Waals surface area contributed by atoms with Gasteiger partial charge >= 0.3 is 0 Å². The third-order valence-electron chi connectivity index (χ3n) is 5.89. The molecule has 4 aromatic rings. The van der Waals surface area contributed by atoms with Crippen molar-refractivity contribution in [2.45, 2.75) is 19.4 Å². The van der Waals surface area contributed by atoms with E-state index in [0.717, 1.165) is 28.9 Å². The van der Waals surface area contributed by atoms with Crippen LogP contribution >= 0.6 is 11.3 Å². The van der Waals surface area contributed by atoms with Crippen LogP contribution in [0, 0.1) is 0 Å². The first-order valence-corrected chi connectivity index (χ1v) is 11.0. The van der Waals surface area contributed by atoms with Gasteiger partial charge in [0, 0.05) is 28.7 Å². The highest BCUT2D eigenvalue weighted by Gasteiger charge is 2.36. The molecule has 6 heteroatoms. The molecule has 2 aromatic heterocycles. The number of ketones is 1. The summed E-state index contributed by atoms with van der Waals surface area (Å²) < 4.78 is 5.66. The summed E-state index contributed by atoms with van der Waals surface area (Å²) in [5.74, 6) is 0.645. The maximum Gasteiger partial charge on any atom is 0.264 e. The molecule has 0 saturated carbocycles. The number of methoxy groups -OCH3 is 1. The largest absolute Gasteiger partial charge is 0.496 e. The second-order valence-electron chi connectivity index (χ2n) is 7.68. The molecule has 0 radical (unpaired) electrons. The molecule has 1 amide bonds. The van der Waals surface area contributed by atoms with E-state index in [-0.39, 0.29) is 17.7 Å². The summed E-state index contributed by atoms with van der Waals surface area (Å²) in [7, 11) is 1.65. The number of para-hydroxylation sites is 2.